The Kier molecular flexibility index (Phi) is 6.91. The van der Waals surface area contributed by atoms with Gasteiger partial charge >= 0.3 is 5.97 Å². The van der Waals surface area contributed by atoms with E-state index in [0.717, 1.165) is 50.6 Å². The van der Waals surface area contributed by atoms with Gasteiger partial charge < -0.3 is 14.6 Å². The fourth-order valence-corrected chi connectivity index (χ4v) is 3.57. The highest BCUT2D eigenvalue weighted by Gasteiger charge is 2.34. The third kappa shape index (κ3) is 4.20. The second kappa shape index (κ2) is 8.92. The molecule has 1 saturated heterocycles. The van der Waals surface area contributed by atoms with Crippen molar-refractivity contribution in [3.63, 3.8) is 0 Å². The lowest BCUT2D eigenvalue weighted by atomic mass is 9.93. The first-order valence-electron chi connectivity index (χ1n) is 8.82. The summed E-state index contributed by atoms with van der Waals surface area (Å²) in [5, 5.41) is 9.63. The zero-order valence-corrected chi connectivity index (χ0v) is 15.0. The number of benzene rings is 1. The van der Waals surface area contributed by atoms with Crippen LogP contribution in [0.3, 0.4) is 0 Å². The molecule has 0 bridgehead atoms. The van der Waals surface area contributed by atoms with E-state index in [9.17, 15) is 9.90 Å². The Labute approximate surface area is 144 Å². The van der Waals surface area contributed by atoms with Crippen molar-refractivity contribution in [2.24, 2.45) is 0 Å². The second-order valence-electron chi connectivity index (χ2n) is 6.36. The van der Waals surface area contributed by atoms with E-state index in [4.69, 9.17) is 9.47 Å². The summed E-state index contributed by atoms with van der Waals surface area (Å²) >= 11 is 0. The Morgan fingerprint density at radius 3 is 2.67 bits per heavy atom. The van der Waals surface area contributed by atoms with Crippen LogP contribution in [0.15, 0.2) is 18.2 Å². The predicted molar refractivity (Wildman–Crippen MR) is 93.8 cm³/mol. The molecule has 0 saturated carbocycles. The Morgan fingerprint density at radius 1 is 1.29 bits per heavy atom. The van der Waals surface area contributed by atoms with Crippen LogP contribution in [0.2, 0.25) is 0 Å². The average molecular weight is 335 g/mol. The molecule has 1 aliphatic heterocycles. The lowest BCUT2D eigenvalue weighted by molar-refractivity contribution is -0.146. The van der Waals surface area contributed by atoms with Crippen LogP contribution < -0.4 is 9.47 Å². The molecule has 5 nitrogen and oxygen atoms in total. The van der Waals surface area contributed by atoms with Crippen molar-refractivity contribution in [1.29, 1.82) is 0 Å². The van der Waals surface area contributed by atoms with Gasteiger partial charge in [-0.1, -0.05) is 32.3 Å². The smallest absolute Gasteiger partial charge is 0.320 e. The molecule has 24 heavy (non-hydrogen) atoms. The number of nitrogens with zero attached hydrogens (tertiary/aromatic N) is 1. The summed E-state index contributed by atoms with van der Waals surface area (Å²) in [5.74, 6) is 0.681. The highest BCUT2D eigenvalue weighted by Crippen LogP contribution is 2.37. The van der Waals surface area contributed by atoms with Gasteiger partial charge in [0.05, 0.1) is 14.2 Å². The van der Waals surface area contributed by atoms with Gasteiger partial charge in [-0.05, 0) is 43.5 Å². The first-order chi connectivity index (χ1) is 11.6. The summed E-state index contributed by atoms with van der Waals surface area (Å²) in [6.45, 7) is 3.00. The molecule has 2 rings (SSSR count). The first kappa shape index (κ1) is 18.6. The number of methoxy groups -OCH3 is 2. The quantitative estimate of drug-likeness (QED) is 0.781. The van der Waals surface area contributed by atoms with E-state index in [1.165, 1.54) is 0 Å². The van der Waals surface area contributed by atoms with Crippen molar-refractivity contribution in [3.05, 3.63) is 23.8 Å². The van der Waals surface area contributed by atoms with Gasteiger partial charge in [0.25, 0.3) is 0 Å². The van der Waals surface area contributed by atoms with Gasteiger partial charge in [0, 0.05) is 6.04 Å². The Morgan fingerprint density at radius 2 is 2.04 bits per heavy atom. The molecule has 134 valence electrons. The number of piperidine rings is 1. The standard InChI is InChI=1S/C19H29NO4/c1-4-5-8-15(20-12-7-6-9-16(20)19(21)22)14-10-11-17(23-2)18(13-14)24-3/h10-11,13,15-16H,4-9,12H2,1-3H3,(H,21,22). The molecule has 5 heteroatoms. The van der Waals surface area contributed by atoms with Crippen molar-refractivity contribution >= 4 is 5.97 Å². The van der Waals surface area contributed by atoms with E-state index in [1.54, 1.807) is 14.2 Å². The lowest BCUT2D eigenvalue weighted by Gasteiger charge is -2.39. The maximum Gasteiger partial charge on any atom is 0.320 e. The number of ether oxygens (including phenoxy) is 2. The minimum Gasteiger partial charge on any atom is -0.493 e. The fraction of sp³-hybridized carbons (Fsp3) is 0.632. The number of rotatable bonds is 8. The van der Waals surface area contributed by atoms with Gasteiger partial charge in [0.2, 0.25) is 0 Å². The summed E-state index contributed by atoms with van der Waals surface area (Å²) in [7, 11) is 3.25. The number of aliphatic carboxylic acids is 1. The topological polar surface area (TPSA) is 59.0 Å². The third-order valence-electron chi connectivity index (χ3n) is 4.85. The van der Waals surface area contributed by atoms with Gasteiger partial charge in [-0.3, -0.25) is 9.69 Å². The molecule has 1 N–H and O–H groups in total. The van der Waals surface area contributed by atoms with E-state index in [-0.39, 0.29) is 6.04 Å². The van der Waals surface area contributed by atoms with Crippen molar-refractivity contribution in [1.82, 2.24) is 4.90 Å². The number of hydrogen-bond acceptors (Lipinski definition) is 4. The van der Waals surface area contributed by atoms with Crippen molar-refractivity contribution < 1.29 is 19.4 Å². The number of carboxylic acids is 1. The molecule has 0 spiro atoms. The highest BCUT2D eigenvalue weighted by atomic mass is 16.5. The summed E-state index contributed by atoms with van der Waals surface area (Å²) < 4.78 is 10.8. The van der Waals surface area contributed by atoms with Crippen LogP contribution in [-0.2, 0) is 4.79 Å². The third-order valence-corrected chi connectivity index (χ3v) is 4.85. The summed E-state index contributed by atoms with van der Waals surface area (Å²) in [6, 6.07) is 5.65. The Bertz CT molecular complexity index is 546. The molecule has 0 radical (unpaired) electrons. The molecule has 0 aliphatic carbocycles. The van der Waals surface area contributed by atoms with E-state index in [2.05, 4.69) is 11.8 Å². The molecule has 1 aromatic rings. The number of unbranched alkanes of at least 4 members (excludes halogenated alkanes) is 1. The molecule has 0 aromatic heterocycles. The average Bonchev–Trinajstić information content (AvgIpc) is 2.62. The predicted octanol–water partition coefficient (Wildman–Crippen LogP) is 3.87. The first-order valence-corrected chi connectivity index (χ1v) is 8.82. The van der Waals surface area contributed by atoms with Crippen molar-refractivity contribution in [2.45, 2.75) is 57.5 Å². The summed E-state index contributed by atoms with van der Waals surface area (Å²) in [6.07, 6.45) is 5.89. The number of hydrogen-bond donors (Lipinski definition) is 1. The van der Waals surface area contributed by atoms with Crippen LogP contribution in [0, 0.1) is 0 Å². The number of likely N-dealkylation sites (tertiary alicyclic amines) is 1. The van der Waals surface area contributed by atoms with Crippen LogP contribution in [0.1, 0.15) is 57.1 Å². The van der Waals surface area contributed by atoms with Crippen molar-refractivity contribution in [2.75, 3.05) is 20.8 Å². The van der Waals surface area contributed by atoms with Gasteiger partial charge in [-0.15, -0.1) is 0 Å². The zero-order chi connectivity index (χ0) is 17.5. The number of carboxylic acid groups (broad SMARTS) is 1. The molecule has 1 heterocycles. The minimum absolute atomic E-state index is 0.103. The largest absolute Gasteiger partial charge is 0.493 e. The summed E-state index contributed by atoms with van der Waals surface area (Å²) in [5.41, 5.74) is 1.11. The lowest BCUT2D eigenvalue weighted by Crippen LogP contribution is -2.46. The fourth-order valence-electron chi connectivity index (χ4n) is 3.57. The van der Waals surface area contributed by atoms with Gasteiger partial charge in [-0.2, -0.15) is 0 Å². The maximum atomic E-state index is 11.7. The van der Waals surface area contributed by atoms with Crippen LogP contribution in [-0.4, -0.2) is 42.8 Å². The molecular formula is C19H29NO4. The molecule has 2 unspecified atom stereocenters. The Hall–Kier alpha value is -1.75. The normalized spacial score (nSPS) is 19.7. The molecule has 2 atom stereocenters. The van der Waals surface area contributed by atoms with E-state index < -0.39 is 12.0 Å². The molecule has 1 fully saturated rings. The Balaban J connectivity index is 2.34. The van der Waals surface area contributed by atoms with Gasteiger partial charge in [0.1, 0.15) is 6.04 Å². The summed E-state index contributed by atoms with van der Waals surface area (Å²) in [4.78, 5) is 13.9. The minimum atomic E-state index is -0.711. The van der Waals surface area contributed by atoms with E-state index in [1.807, 2.05) is 18.2 Å². The molecule has 1 aromatic carbocycles. The van der Waals surface area contributed by atoms with E-state index in [0.29, 0.717) is 11.5 Å². The van der Waals surface area contributed by atoms with Crippen LogP contribution in [0.5, 0.6) is 11.5 Å². The van der Waals surface area contributed by atoms with Crippen LogP contribution in [0.4, 0.5) is 0 Å². The van der Waals surface area contributed by atoms with Crippen molar-refractivity contribution in [3.8, 4) is 11.5 Å². The zero-order valence-electron chi connectivity index (χ0n) is 15.0. The van der Waals surface area contributed by atoms with Crippen LogP contribution >= 0.6 is 0 Å². The highest BCUT2D eigenvalue weighted by molar-refractivity contribution is 5.73. The van der Waals surface area contributed by atoms with E-state index >= 15 is 0 Å². The molecule has 0 amide bonds. The SMILES string of the molecule is CCCCC(c1ccc(OC)c(OC)c1)N1CCCCC1C(=O)O. The maximum absolute atomic E-state index is 11.7. The monoisotopic (exact) mass is 335 g/mol. The second-order valence-corrected chi connectivity index (χ2v) is 6.36. The number of carbonyl (C=O) groups is 1. The molecular weight excluding hydrogens is 306 g/mol. The van der Waals surface area contributed by atoms with Gasteiger partial charge in [0.15, 0.2) is 11.5 Å². The van der Waals surface area contributed by atoms with Crippen LogP contribution in [0.25, 0.3) is 0 Å². The molecule has 1 aliphatic rings. The van der Waals surface area contributed by atoms with Gasteiger partial charge in [-0.25, -0.2) is 0 Å².